The highest BCUT2D eigenvalue weighted by Gasteiger charge is 2.19. The number of halogens is 2. The molecule has 0 spiro atoms. The number of benzene rings is 2. The Morgan fingerprint density at radius 1 is 0.810 bits per heavy atom. The lowest BCUT2D eigenvalue weighted by Crippen LogP contribution is -2.07. The van der Waals surface area contributed by atoms with Gasteiger partial charge < -0.3 is 0 Å². The van der Waals surface area contributed by atoms with E-state index >= 15 is 0 Å². The van der Waals surface area contributed by atoms with Crippen LogP contribution in [0.4, 0.5) is 0 Å². The lowest BCUT2D eigenvalue weighted by atomic mass is 9.87. The summed E-state index contributed by atoms with van der Waals surface area (Å²) in [6.07, 6.45) is 0.860. The van der Waals surface area contributed by atoms with E-state index in [0.717, 1.165) is 10.9 Å². The first-order chi connectivity index (χ1) is 9.82. The Bertz CT molecular complexity index is 627. The van der Waals surface area contributed by atoms with Gasteiger partial charge in [0.25, 0.3) is 0 Å². The van der Waals surface area contributed by atoms with Gasteiger partial charge in [-0.05, 0) is 92.1 Å². The molecule has 0 heterocycles. The highest BCUT2D eigenvalue weighted by molar-refractivity contribution is 9.10. The van der Waals surface area contributed by atoms with E-state index in [9.17, 15) is 0 Å². The molecular weight excluding hydrogens is 344 g/mol. The zero-order valence-corrected chi connectivity index (χ0v) is 15.7. The molecule has 0 aromatic heterocycles. The van der Waals surface area contributed by atoms with Gasteiger partial charge in [-0.15, -0.1) is 11.6 Å². The number of hydrogen-bond donors (Lipinski definition) is 0. The fraction of sp³-hybridized carbons (Fsp3) is 0.368. The molecule has 0 N–H and O–H groups in total. The summed E-state index contributed by atoms with van der Waals surface area (Å²) in [5.74, 6) is 0. The van der Waals surface area contributed by atoms with E-state index in [4.69, 9.17) is 11.6 Å². The summed E-state index contributed by atoms with van der Waals surface area (Å²) in [6, 6.07) is 8.42. The molecule has 1 atom stereocenters. The Kier molecular flexibility index (Phi) is 5.16. The number of hydrogen-bond acceptors (Lipinski definition) is 0. The van der Waals surface area contributed by atoms with Crippen LogP contribution in [0.15, 0.2) is 28.7 Å². The lowest BCUT2D eigenvalue weighted by Gasteiger charge is -2.22. The molecule has 21 heavy (non-hydrogen) atoms. The molecule has 112 valence electrons. The van der Waals surface area contributed by atoms with Gasteiger partial charge in [0.1, 0.15) is 0 Å². The minimum atomic E-state index is 0.0178. The maximum Gasteiger partial charge on any atom is 0.0630 e. The molecule has 0 saturated heterocycles. The molecule has 0 amide bonds. The summed E-state index contributed by atoms with van der Waals surface area (Å²) < 4.78 is 1.10. The second kappa shape index (κ2) is 6.54. The van der Waals surface area contributed by atoms with E-state index in [2.05, 4.69) is 74.8 Å². The first-order valence-electron chi connectivity index (χ1n) is 7.28. The monoisotopic (exact) mass is 364 g/mol. The topological polar surface area (TPSA) is 0 Å². The summed E-state index contributed by atoms with van der Waals surface area (Å²) >= 11 is 10.2. The van der Waals surface area contributed by atoms with Crippen LogP contribution in [-0.4, -0.2) is 0 Å². The van der Waals surface area contributed by atoms with Crippen molar-refractivity contribution in [3.63, 3.8) is 0 Å². The molecule has 0 aliphatic rings. The smallest absolute Gasteiger partial charge is 0.0630 e. The molecule has 2 heteroatoms. The van der Waals surface area contributed by atoms with Crippen molar-refractivity contribution in [1.82, 2.24) is 0 Å². The van der Waals surface area contributed by atoms with Crippen molar-refractivity contribution < 1.29 is 0 Å². The van der Waals surface area contributed by atoms with E-state index in [0.29, 0.717) is 0 Å². The largest absolute Gasteiger partial charge is 0.117 e. The lowest BCUT2D eigenvalue weighted by molar-refractivity contribution is 0.889. The van der Waals surface area contributed by atoms with Gasteiger partial charge >= 0.3 is 0 Å². The maximum absolute atomic E-state index is 6.78. The molecule has 2 aromatic rings. The molecule has 2 aromatic carbocycles. The van der Waals surface area contributed by atoms with Crippen molar-refractivity contribution >= 4 is 27.5 Å². The number of rotatable bonds is 3. The Labute approximate surface area is 141 Å². The predicted molar refractivity (Wildman–Crippen MR) is 96.6 cm³/mol. The van der Waals surface area contributed by atoms with Crippen molar-refractivity contribution in [1.29, 1.82) is 0 Å². The van der Waals surface area contributed by atoms with Gasteiger partial charge in [0.2, 0.25) is 0 Å². The molecule has 0 fully saturated rings. The third-order valence-corrected chi connectivity index (χ3v) is 5.60. The summed E-state index contributed by atoms with van der Waals surface area (Å²) in [7, 11) is 0. The second-order valence-electron chi connectivity index (χ2n) is 5.84. The SMILES string of the molecule is Cc1c(C)c(C)c(C(Cl)Cc2ccc(Br)cc2)c(C)c1C. The standard InChI is InChI=1S/C19H22BrCl/c1-11-12(2)14(4)19(15(5)13(11)3)18(21)10-16-6-8-17(20)9-7-16/h6-9,18H,10H2,1-5H3. The van der Waals surface area contributed by atoms with Crippen LogP contribution in [0.3, 0.4) is 0 Å². The first kappa shape index (κ1) is 16.6. The molecule has 2 rings (SSSR count). The third kappa shape index (κ3) is 3.35. The fourth-order valence-electron chi connectivity index (χ4n) is 2.93. The Morgan fingerprint density at radius 3 is 1.71 bits per heavy atom. The second-order valence-corrected chi connectivity index (χ2v) is 7.28. The molecule has 0 bridgehead atoms. The Balaban J connectivity index is 2.39. The van der Waals surface area contributed by atoms with E-state index in [-0.39, 0.29) is 5.38 Å². The van der Waals surface area contributed by atoms with Gasteiger partial charge in [-0.1, -0.05) is 28.1 Å². The quantitative estimate of drug-likeness (QED) is 0.543. The zero-order valence-electron chi connectivity index (χ0n) is 13.3. The van der Waals surface area contributed by atoms with Crippen molar-refractivity contribution in [2.24, 2.45) is 0 Å². The summed E-state index contributed by atoms with van der Waals surface area (Å²) in [5.41, 5.74) is 9.39. The van der Waals surface area contributed by atoms with E-state index in [1.165, 1.54) is 38.9 Å². The van der Waals surface area contributed by atoms with Crippen LogP contribution in [0.2, 0.25) is 0 Å². The fourth-order valence-corrected chi connectivity index (χ4v) is 3.70. The molecule has 0 saturated carbocycles. The summed E-state index contributed by atoms with van der Waals surface area (Å²) in [6.45, 7) is 11.0. The van der Waals surface area contributed by atoms with Crippen LogP contribution < -0.4 is 0 Å². The van der Waals surface area contributed by atoms with Crippen molar-refractivity contribution in [2.75, 3.05) is 0 Å². The number of alkyl halides is 1. The molecule has 0 aliphatic heterocycles. The molecule has 0 aliphatic carbocycles. The van der Waals surface area contributed by atoms with Gasteiger partial charge in [-0.25, -0.2) is 0 Å². The van der Waals surface area contributed by atoms with Crippen molar-refractivity contribution in [3.8, 4) is 0 Å². The van der Waals surface area contributed by atoms with E-state index in [1.807, 2.05) is 0 Å². The Hall–Kier alpha value is -0.790. The van der Waals surface area contributed by atoms with Gasteiger partial charge in [0.05, 0.1) is 5.38 Å². The van der Waals surface area contributed by atoms with Gasteiger partial charge in [-0.3, -0.25) is 0 Å². The molecule has 1 unspecified atom stereocenters. The van der Waals surface area contributed by atoms with Gasteiger partial charge in [0.15, 0.2) is 0 Å². The first-order valence-corrected chi connectivity index (χ1v) is 8.51. The van der Waals surface area contributed by atoms with E-state index < -0.39 is 0 Å². The van der Waals surface area contributed by atoms with Crippen LogP contribution >= 0.6 is 27.5 Å². The molecule has 0 nitrogen and oxygen atoms in total. The van der Waals surface area contributed by atoms with E-state index in [1.54, 1.807) is 0 Å². The van der Waals surface area contributed by atoms with Crippen LogP contribution in [0.5, 0.6) is 0 Å². The van der Waals surface area contributed by atoms with Crippen molar-refractivity contribution in [3.05, 3.63) is 67.7 Å². The normalized spacial score (nSPS) is 12.5. The summed E-state index contributed by atoms with van der Waals surface area (Å²) in [5, 5.41) is 0.0178. The highest BCUT2D eigenvalue weighted by Crippen LogP contribution is 2.35. The van der Waals surface area contributed by atoms with Crippen LogP contribution in [0.1, 0.15) is 44.3 Å². The maximum atomic E-state index is 6.78. The van der Waals surface area contributed by atoms with Crippen molar-refractivity contribution in [2.45, 2.75) is 46.4 Å². The third-order valence-electron chi connectivity index (χ3n) is 4.70. The minimum absolute atomic E-state index is 0.0178. The molecular formula is C19H22BrCl. The van der Waals surface area contributed by atoms with Gasteiger partial charge in [0, 0.05) is 4.47 Å². The van der Waals surface area contributed by atoms with Crippen LogP contribution in [0.25, 0.3) is 0 Å². The minimum Gasteiger partial charge on any atom is -0.117 e. The summed E-state index contributed by atoms with van der Waals surface area (Å²) in [4.78, 5) is 0. The highest BCUT2D eigenvalue weighted by atomic mass is 79.9. The van der Waals surface area contributed by atoms with Crippen LogP contribution in [-0.2, 0) is 6.42 Å². The van der Waals surface area contributed by atoms with Gasteiger partial charge in [-0.2, -0.15) is 0 Å². The van der Waals surface area contributed by atoms with Crippen LogP contribution in [0, 0.1) is 34.6 Å². The average Bonchev–Trinajstić information content (AvgIpc) is 2.46. The Morgan fingerprint density at radius 2 is 1.24 bits per heavy atom. The molecule has 0 radical (unpaired) electrons. The average molecular weight is 366 g/mol. The predicted octanol–water partition coefficient (Wildman–Crippen LogP) is 6.51. The zero-order chi connectivity index (χ0) is 15.7.